The third-order valence-electron chi connectivity index (χ3n) is 3.21. The van der Waals surface area contributed by atoms with Gasteiger partial charge >= 0.3 is 6.03 Å². The van der Waals surface area contributed by atoms with Crippen molar-refractivity contribution in [2.24, 2.45) is 5.92 Å². The maximum absolute atomic E-state index is 11.5. The first-order chi connectivity index (χ1) is 8.11. The molecule has 0 radical (unpaired) electrons. The Morgan fingerprint density at radius 2 is 2.35 bits per heavy atom. The van der Waals surface area contributed by atoms with E-state index >= 15 is 0 Å². The van der Waals surface area contributed by atoms with E-state index in [1.54, 1.807) is 19.0 Å². The molecule has 0 aromatic rings. The number of allylic oxidation sites excluding steroid dienone is 1. The second-order valence-corrected chi connectivity index (χ2v) is 4.59. The Bertz CT molecular complexity index is 381. The van der Waals surface area contributed by atoms with E-state index in [1.807, 2.05) is 12.2 Å². The first-order valence-corrected chi connectivity index (χ1v) is 5.71. The van der Waals surface area contributed by atoms with Crippen molar-refractivity contribution in [1.29, 1.82) is 0 Å². The van der Waals surface area contributed by atoms with Crippen molar-refractivity contribution < 1.29 is 9.59 Å². The summed E-state index contributed by atoms with van der Waals surface area (Å²) in [6.45, 7) is 0.786. The number of carbonyl (C=O) groups is 2. The summed E-state index contributed by atoms with van der Waals surface area (Å²) in [4.78, 5) is 25.6. The SMILES string of the molecule is CN(C)C(=O)NC1=CC2C(C=C1)CCN2C=O. The molecule has 5 heteroatoms. The third kappa shape index (κ3) is 2.33. The van der Waals surface area contributed by atoms with Gasteiger partial charge in [0, 0.05) is 32.3 Å². The summed E-state index contributed by atoms with van der Waals surface area (Å²) < 4.78 is 0. The van der Waals surface area contributed by atoms with E-state index in [1.165, 1.54) is 4.90 Å². The van der Waals surface area contributed by atoms with E-state index in [0.29, 0.717) is 5.92 Å². The minimum atomic E-state index is -0.157. The number of nitrogens with one attached hydrogen (secondary N) is 1. The number of fused-ring (bicyclic) bond motifs is 1. The molecule has 1 heterocycles. The molecule has 2 rings (SSSR count). The van der Waals surface area contributed by atoms with E-state index in [4.69, 9.17) is 0 Å². The van der Waals surface area contributed by atoms with Crippen LogP contribution in [0, 0.1) is 5.92 Å². The summed E-state index contributed by atoms with van der Waals surface area (Å²) in [7, 11) is 3.39. The topological polar surface area (TPSA) is 52.7 Å². The van der Waals surface area contributed by atoms with Gasteiger partial charge in [0.05, 0.1) is 6.04 Å². The van der Waals surface area contributed by atoms with E-state index in [-0.39, 0.29) is 12.1 Å². The van der Waals surface area contributed by atoms with Crippen molar-refractivity contribution in [1.82, 2.24) is 15.1 Å². The molecule has 1 saturated heterocycles. The highest BCUT2D eigenvalue weighted by molar-refractivity contribution is 5.76. The lowest BCUT2D eigenvalue weighted by atomic mass is 9.94. The second-order valence-electron chi connectivity index (χ2n) is 4.59. The lowest BCUT2D eigenvalue weighted by Crippen LogP contribution is -2.37. The number of urea groups is 1. The second kappa shape index (κ2) is 4.61. The van der Waals surface area contributed by atoms with E-state index in [0.717, 1.165) is 25.1 Å². The van der Waals surface area contributed by atoms with Crippen LogP contribution < -0.4 is 5.32 Å². The molecule has 0 aromatic heterocycles. The molecule has 2 aliphatic rings. The Morgan fingerprint density at radius 3 is 3.00 bits per heavy atom. The fraction of sp³-hybridized carbons (Fsp3) is 0.500. The fourth-order valence-corrected chi connectivity index (χ4v) is 2.20. The van der Waals surface area contributed by atoms with Crippen molar-refractivity contribution in [3.8, 4) is 0 Å². The molecule has 0 aromatic carbocycles. The number of hydrogen-bond acceptors (Lipinski definition) is 2. The zero-order chi connectivity index (χ0) is 12.4. The fourth-order valence-electron chi connectivity index (χ4n) is 2.20. The van der Waals surface area contributed by atoms with Gasteiger partial charge in [-0.1, -0.05) is 6.08 Å². The van der Waals surface area contributed by atoms with E-state index in [9.17, 15) is 9.59 Å². The standard InChI is InChI=1S/C12H17N3O2/c1-14(2)12(17)13-10-4-3-9-5-6-15(8-16)11(9)7-10/h3-4,7-9,11H,5-6H2,1-2H3,(H,13,17). The molecule has 0 spiro atoms. The normalized spacial score (nSPS) is 26.2. The van der Waals surface area contributed by atoms with Crippen LogP contribution in [0.2, 0.25) is 0 Å². The molecular formula is C12H17N3O2. The van der Waals surface area contributed by atoms with Crippen molar-refractivity contribution >= 4 is 12.4 Å². The van der Waals surface area contributed by atoms with Crippen LogP contribution >= 0.6 is 0 Å². The predicted octanol–water partition coefficient (Wildman–Crippen LogP) is 0.558. The van der Waals surface area contributed by atoms with Gasteiger partial charge in [0.1, 0.15) is 0 Å². The molecule has 2 atom stereocenters. The Labute approximate surface area is 101 Å². The Hall–Kier alpha value is -1.78. The molecule has 3 amide bonds. The molecule has 92 valence electrons. The Morgan fingerprint density at radius 1 is 1.59 bits per heavy atom. The van der Waals surface area contributed by atoms with Crippen LogP contribution in [0.5, 0.6) is 0 Å². The smallest absolute Gasteiger partial charge is 0.321 e. The van der Waals surface area contributed by atoms with Gasteiger partial charge in [-0.05, 0) is 18.6 Å². The first-order valence-electron chi connectivity index (χ1n) is 5.71. The largest absolute Gasteiger partial charge is 0.338 e. The molecule has 1 fully saturated rings. The van der Waals surface area contributed by atoms with E-state index < -0.39 is 0 Å². The van der Waals surface area contributed by atoms with Crippen LogP contribution in [0.25, 0.3) is 0 Å². The van der Waals surface area contributed by atoms with Crippen LogP contribution in [0.1, 0.15) is 6.42 Å². The maximum atomic E-state index is 11.5. The molecule has 1 N–H and O–H groups in total. The average molecular weight is 235 g/mol. The number of amides is 3. The Balaban J connectivity index is 2.08. The van der Waals surface area contributed by atoms with Gasteiger partial charge in [-0.25, -0.2) is 4.79 Å². The van der Waals surface area contributed by atoms with Gasteiger partial charge in [0.2, 0.25) is 6.41 Å². The summed E-state index contributed by atoms with van der Waals surface area (Å²) in [5.41, 5.74) is 0.763. The van der Waals surface area contributed by atoms with Gasteiger partial charge in [0.25, 0.3) is 0 Å². The molecule has 1 aliphatic carbocycles. The lowest BCUT2D eigenvalue weighted by Gasteiger charge is -2.24. The quantitative estimate of drug-likeness (QED) is 0.711. The van der Waals surface area contributed by atoms with Crippen LogP contribution in [0.15, 0.2) is 23.9 Å². The number of likely N-dealkylation sites (tertiary alicyclic amines) is 1. The van der Waals surface area contributed by atoms with Crippen molar-refractivity contribution in [2.45, 2.75) is 12.5 Å². The number of carbonyl (C=O) groups excluding carboxylic acids is 2. The summed E-state index contributed by atoms with van der Waals surface area (Å²) in [6.07, 6.45) is 7.81. The zero-order valence-electron chi connectivity index (χ0n) is 10.1. The summed E-state index contributed by atoms with van der Waals surface area (Å²) in [6, 6.07) is -0.0648. The van der Waals surface area contributed by atoms with Gasteiger partial charge in [-0.2, -0.15) is 0 Å². The van der Waals surface area contributed by atoms with Crippen molar-refractivity contribution in [3.05, 3.63) is 23.9 Å². The van der Waals surface area contributed by atoms with Gasteiger partial charge in [-0.3, -0.25) is 4.79 Å². The summed E-state index contributed by atoms with van der Waals surface area (Å²) >= 11 is 0. The van der Waals surface area contributed by atoms with Crippen LogP contribution in [-0.2, 0) is 4.79 Å². The zero-order valence-corrected chi connectivity index (χ0v) is 10.1. The number of hydrogen-bond donors (Lipinski definition) is 1. The molecule has 0 saturated carbocycles. The monoisotopic (exact) mass is 235 g/mol. The molecule has 0 bridgehead atoms. The molecule has 1 aliphatic heterocycles. The van der Waals surface area contributed by atoms with Crippen LogP contribution in [0.3, 0.4) is 0 Å². The summed E-state index contributed by atoms with van der Waals surface area (Å²) in [5, 5.41) is 2.79. The van der Waals surface area contributed by atoms with Gasteiger partial charge in [0.15, 0.2) is 0 Å². The minimum Gasteiger partial charge on any atom is -0.338 e. The van der Waals surface area contributed by atoms with Gasteiger partial charge < -0.3 is 15.1 Å². The lowest BCUT2D eigenvalue weighted by molar-refractivity contribution is -0.118. The average Bonchev–Trinajstić information content (AvgIpc) is 2.71. The Kier molecular flexibility index (Phi) is 3.17. The highest BCUT2D eigenvalue weighted by Crippen LogP contribution is 2.29. The highest BCUT2D eigenvalue weighted by atomic mass is 16.2. The van der Waals surface area contributed by atoms with Crippen LogP contribution in [0.4, 0.5) is 4.79 Å². The highest BCUT2D eigenvalue weighted by Gasteiger charge is 2.32. The van der Waals surface area contributed by atoms with Crippen molar-refractivity contribution in [3.63, 3.8) is 0 Å². The van der Waals surface area contributed by atoms with Crippen LogP contribution in [-0.4, -0.2) is 48.9 Å². The maximum Gasteiger partial charge on any atom is 0.321 e. The summed E-state index contributed by atoms with van der Waals surface area (Å²) in [5.74, 6) is 0.389. The van der Waals surface area contributed by atoms with Gasteiger partial charge in [-0.15, -0.1) is 0 Å². The molecular weight excluding hydrogens is 218 g/mol. The number of nitrogens with zero attached hydrogens (tertiary/aromatic N) is 2. The number of rotatable bonds is 2. The first kappa shape index (κ1) is 11.7. The van der Waals surface area contributed by atoms with E-state index in [2.05, 4.69) is 11.4 Å². The minimum absolute atomic E-state index is 0.0926. The molecule has 17 heavy (non-hydrogen) atoms. The predicted molar refractivity (Wildman–Crippen MR) is 64.1 cm³/mol. The van der Waals surface area contributed by atoms with Crippen molar-refractivity contribution in [2.75, 3.05) is 20.6 Å². The molecule has 2 unspecified atom stereocenters. The third-order valence-corrected chi connectivity index (χ3v) is 3.21. The molecule has 5 nitrogen and oxygen atoms in total.